The summed E-state index contributed by atoms with van der Waals surface area (Å²) in [6.07, 6.45) is 2.36. The maximum atomic E-state index is 11.3. The zero-order valence-corrected chi connectivity index (χ0v) is 9.28. The third kappa shape index (κ3) is 3.10. The number of carboxylic acid groups (broad SMARTS) is 1. The van der Waals surface area contributed by atoms with E-state index in [0.29, 0.717) is 16.1 Å². The molecule has 0 aromatic heterocycles. The highest BCUT2D eigenvalue weighted by atomic mass is 35.5. The quantitative estimate of drug-likeness (QED) is 0.791. The minimum atomic E-state index is -1.05. The van der Waals surface area contributed by atoms with Crippen LogP contribution in [0.5, 0.6) is 0 Å². The van der Waals surface area contributed by atoms with E-state index in [1.54, 1.807) is 12.1 Å². The number of amides is 1. The van der Waals surface area contributed by atoms with Crippen LogP contribution in [0.2, 0.25) is 5.02 Å². The van der Waals surface area contributed by atoms with Crippen molar-refractivity contribution in [3.8, 4) is 0 Å². The number of benzene rings is 1. The lowest BCUT2D eigenvalue weighted by atomic mass is 10.1. The van der Waals surface area contributed by atoms with Crippen LogP contribution < -0.4 is 5.32 Å². The molecule has 0 aliphatic carbocycles. The number of carboxylic acids is 1. The van der Waals surface area contributed by atoms with Crippen molar-refractivity contribution in [3.63, 3.8) is 0 Å². The topological polar surface area (TPSA) is 66.4 Å². The molecular weight excluding hydrogens is 230 g/mol. The second-order valence-electron chi connectivity index (χ2n) is 2.99. The molecule has 0 aliphatic heterocycles. The largest absolute Gasteiger partial charge is 0.478 e. The van der Waals surface area contributed by atoms with Gasteiger partial charge in [0.2, 0.25) is 0 Å². The summed E-state index contributed by atoms with van der Waals surface area (Å²) < 4.78 is 0. The Kier molecular flexibility index (Phi) is 4.08. The van der Waals surface area contributed by atoms with Gasteiger partial charge in [0.05, 0.1) is 0 Å². The van der Waals surface area contributed by atoms with E-state index < -0.39 is 5.97 Å². The van der Waals surface area contributed by atoms with E-state index in [4.69, 9.17) is 16.7 Å². The van der Waals surface area contributed by atoms with E-state index in [9.17, 15) is 9.59 Å². The second-order valence-corrected chi connectivity index (χ2v) is 3.39. The highest BCUT2D eigenvalue weighted by molar-refractivity contribution is 6.32. The van der Waals surface area contributed by atoms with E-state index in [2.05, 4.69) is 5.32 Å². The van der Waals surface area contributed by atoms with Gasteiger partial charge in [0.25, 0.3) is 5.91 Å². The number of halogens is 1. The van der Waals surface area contributed by atoms with Gasteiger partial charge in [0, 0.05) is 23.7 Å². The molecule has 1 aromatic carbocycles. The zero-order chi connectivity index (χ0) is 12.1. The molecule has 0 saturated heterocycles. The van der Waals surface area contributed by atoms with Crippen LogP contribution in [0.3, 0.4) is 0 Å². The van der Waals surface area contributed by atoms with Gasteiger partial charge in [0.15, 0.2) is 0 Å². The van der Waals surface area contributed by atoms with Crippen molar-refractivity contribution in [2.45, 2.75) is 0 Å². The number of carbonyl (C=O) groups is 2. The third-order valence-corrected chi connectivity index (χ3v) is 2.22. The predicted molar refractivity (Wildman–Crippen MR) is 61.5 cm³/mol. The van der Waals surface area contributed by atoms with Crippen molar-refractivity contribution in [3.05, 3.63) is 40.4 Å². The Morgan fingerprint density at radius 2 is 2.12 bits per heavy atom. The van der Waals surface area contributed by atoms with E-state index in [1.165, 1.54) is 19.2 Å². The number of nitrogens with one attached hydrogen (secondary N) is 1. The molecule has 1 amide bonds. The Morgan fingerprint density at radius 1 is 1.44 bits per heavy atom. The number of hydrogen-bond acceptors (Lipinski definition) is 2. The lowest BCUT2D eigenvalue weighted by Gasteiger charge is -2.02. The summed E-state index contributed by atoms with van der Waals surface area (Å²) in [4.78, 5) is 21.6. The minimum absolute atomic E-state index is 0.240. The summed E-state index contributed by atoms with van der Waals surface area (Å²) in [7, 11) is 1.52. The molecule has 1 aromatic rings. The Hall–Kier alpha value is -1.81. The van der Waals surface area contributed by atoms with Crippen LogP contribution in [-0.2, 0) is 4.79 Å². The van der Waals surface area contributed by atoms with Gasteiger partial charge >= 0.3 is 5.97 Å². The van der Waals surface area contributed by atoms with Gasteiger partial charge in [-0.3, -0.25) is 4.79 Å². The fourth-order valence-corrected chi connectivity index (χ4v) is 1.35. The van der Waals surface area contributed by atoms with Crippen LogP contribution in [0.25, 0.3) is 6.08 Å². The molecule has 0 aliphatic rings. The van der Waals surface area contributed by atoms with Crippen molar-refractivity contribution in [2.75, 3.05) is 7.05 Å². The average molecular weight is 240 g/mol. The highest BCUT2D eigenvalue weighted by Gasteiger charge is 2.05. The first-order valence-electron chi connectivity index (χ1n) is 4.47. The van der Waals surface area contributed by atoms with Crippen LogP contribution in [0, 0.1) is 0 Å². The van der Waals surface area contributed by atoms with Crippen LogP contribution in [-0.4, -0.2) is 24.0 Å². The molecular formula is C11H10ClNO3. The van der Waals surface area contributed by atoms with Crippen LogP contribution >= 0.6 is 11.6 Å². The van der Waals surface area contributed by atoms with Crippen LogP contribution in [0.15, 0.2) is 24.3 Å². The molecule has 4 nitrogen and oxygen atoms in total. The van der Waals surface area contributed by atoms with Gasteiger partial charge in [0.1, 0.15) is 0 Å². The summed E-state index contributed by atoms with van der Waals surface area (Å²) in [6.45, 7) is 0. The standard InChI is InChI=1S/C11H10ClNO3/c1-13-11(16)8-3-2-7(9(12)6-8)4-5-10(14)15/h2-6H,1H3,(H,13,16)(H,14,15)/b5-4+. The number of rotatable bonds is 3. The molecule has 0 spiro atoms. The van der Waals surface area contributed by atoms with Crippen molar-refractivity contribution in [2.24, 2.45) is 0 Å². The van der Waals surface area contributed by atoms with Gasteiger partial charge in [-0.1, -0.05) is 17.7 Å². The minimum Gasteiger partial charge on any atom is -0.478 e. The maximum Gasteiger partial charge on any atom is 0.328 e. The summed E-state index contributed by atoms with van der Waals surface area (Å²) in [5.74, 6) is -1.29. The SMILES string of the molecule is CNC(=O)c1ccc(/C=C/C(=O)O)c(Cl)c1. The Labute approximate surface area is 97.5 Å². The van der Waals surface area contributed by atoms with Crippen molar-refractivity contribution in [1.82, 2.24) is 5.32 Å². The lowest BCUT2D eigenvalue weighted by molar-refractivity contribution is -0.131. The van der Waals surface area contributed by atoms with Gasteiger partial charge in [-0.25, -0.2) is 4.79 Å². The first-order valence-corrected chi connectivity index (χ1v) is 4.85. The molecule has 5 heteroatoms. The lowest BCUT2D eigenvalue weighted by Crippen LogP contribution is -2.17. The molecule has 0 unspecified atom stereocenters. The second kappa shape index (κ2) is 5.32. The number of hydrogen-bond donors (Lipinski definition) is 2. The van der Waals surface area contributed by atoms with Crippen LogP contribution in [0.1, 0.15) is 15.9 Å². The van der Waals surface area contributed by atoms with Gasteiger partial charge < -0.3 is 10.4 Å². The molecule has 0 atom stereocenters. The van der Waals surface area contributed by atoms with Crippen molar-refractivity contribution in [1.29, 1.82) is 0 Å². The fraction of sp³-hybridized carbons (Fsp3) is 0.0909. The number of aliphatic carboxylic acids is 1. The Balaban J connectivity index is 3.00. The normalized spacial score (nSPS) is 10.4. The van der Waals surface area contributed by atoms with E-state index in [0.717, 1.165) is 6.08 Å². The molecule has 0 heterocycles. The molecule has 0 fully saturated rings. The highest BCUT2D eigenvalue weighted by Crippen LogP contribution is 2.19. The third-order valence-electron chi connectivity index (χ3n) is 1.90. The summed E-state index contributed by atoms with van der Waals surface area (Å²) in [5.41, 5.74) is 0.983. The molecule has 16 heavy (non-hydrogen) atoms. The molecule has 0 bridgehead atoms. The van der Waals surface area contributed by atoms with Crippen LogP contribution in [0.4, 0.5) is 0 Å². The maximum absolute atomic E-state index is 11.3. The van der Waals surface area contributed by atoms with Gasteiger partial charge in [-0.2, -0.15) is 0 Å². The fourth-order valence-electron chi connectivity index (χ4n) is 1.11. The molecule has 84 valence electrons. The summed E-state index contributed by atoms with van der Waals surface area (Å²) >= 11 is 5.89. The smallest absolute Gasteiger partial charge is 0.328 e. The molecule has 2 N–H and O–H groups in total. The van der Waals surface area contributed by atoms with Crippen molar-refractivity contribution < 1.29 is 14.7 Å². The van der Waals surface area contributed by atoms with Crippen molar-refractivity contribution >= 4 is 29.6 Å². The monoisotopic (exact) mass is 239 g/mol. The van der Waals surface area contributed by atoms with Gasteiger partial charge in [-0.05, 0) is 23.8 Å². The zero-order valence-electron chi connectivity index (χ0n) is 8.53. The summed E-state index contributed by atoms with van der Waals surface area (Å²) in [6, 6.07) is 4.65. The van der Waals surface area contributed by atoms with Gasteiger partial charge in [-0.15, -0.1) is 0 Å². The molecule has 0 saturated carbocycles. The molecule has 1 rings (SSSR count). The summed E-state index contributed by atoms with van der Waals surface area (Å²) in [5, 5.41) is 11.3. The first-order chi connectivity index (χ1) is 7.54. The van der Waals surface area contributed by atoms with E-state index >= 15 is 0 Å². The van der Waals surface area contributed by atoms with E-state index in [1.807, 2.05) is 0 Å². The molecule has 0 radical (unpaired) electrons. The Morgan fingerprint density at radius 3 is 2.62 bits per heavy atom. The Bertz CT molecular complexity index is 455. The average Bonchev–Trinajstić information content (AvgIpc) is 2.26. The predicted octanol–water partition coefficient (Wildman–Crippen LogP) is 1.80. The number of carbonyl (C=O) groups excluding carboxylic acids is 1. The first kappa shape index (κ1) is 12.3. The van der Waals surface area contributed by atoms with E-state index in [-0.39, 0.29) is 5.91 Å².